The number of fused-ring (bicyclic) bond motifs is 1. The van der Waals surface area contributed by atoms with Crippen molar-refractivity contribution in [3.8, 4) is 10.6 Å². The summed E-state index contributed by atoms with van der Waals surface area (Å²) in [5, 5.41) is 9.98. The van der Waals surface area contributed by atoms with E-state index in [1.165, 1.54) is 18.3 Å². The number of carboxylic acids is 1. The van der Waals surface area contributed by atoms with Crippen molar-refractivity contribution in [3.63, 3.8) is 0 Å². The van der Waals surface area contributed by atoms with E-state index in [2.05, 4.69) is 4.98 Å². The maximum atomic E-state index is 11.4. The van der Waals surface area contributed by atoms with Crippen molar-refractivity contribution in [2.24, 2.45) is 0 Å². The van der Waals surface area contributed by atoms with Gasteiger partial charge in [-0.3, -0.25) is 4.79 Å². The molecule has 0 atom stereocenters. The van der Waals surface area contributed by atoms with Crippen LogP contribution in [-0.2, 0) is 0 Å². The van der Waals surface area contributed by atoms with Gasteiger partial charge in [0.2, 0.25) is 0 Å². The molecule has 0 radical (unpaired) electrons. The quantitative estimate of drug-likeness (QED) is 0.745. The summed E-state index contributed by atoms with van der Waals surface area (Å²) in [6, 6.07) is 12.2. The van der Waals surface area contributed by atoms with E-state index < -0.39 is 5.97 Å². The number of Topliss-reactive ketones (excluding diaryl/α,β-unsaturated/α-hetero) is 1. The number of carbonyl (C=O) groups excluding carboxylic acids is 1. The Bertz CT molecular complexity index is 867. The molecular weight excluding hydrogens is 286 g/mol. The molecule has 0 amide bonds. The molecule has 21 heavy (non-hydrogen) atoms. The standard InChI is InChI=1S/C16H11NO3S/c1-9(18)14-6-7-15(21-14)13-8-11(16(19)20)10-4-2-3-5-12(10)17-13/h2-8H,1H3,(H,19,20). The first-order valence-electron chi connectivity index (χ1n) is 6.30. The number of nitrogens with zero attached hydrogens (tertiary/aromatic N) is 1. The highest BCUT2D eigenvalue weighted by atomic mass is 32.1. The number of hydrogen-bond acceptors (Lipinski definition) is 4. The van der Waals surface area contributed by atoms with Crippen LogP contribution in [0.1, 0.15) is 27.0 Å². The lowest BCUT2D eigenvalue weighted by molar-refractivity contribution is 0.0698. The molecule has 0 spiro atoms. The summed E-state index contributed by atoms with van der Waals surface area (Å²) in [7, 11) is 0. The molecule has 0 aliphatic rings. The Hall–Kier alpha value is -2.53. The van der Waals surface area contributed by atoms with Crippen molar-refractivity contribution in [1.82, 2.24) is 4.98 Å². The zero-order chi connectivity index (χ0) is 15.0. The minimum absolute atomic E-state index is 0.00880. The molecule has 0 bridgehead atoms. The van der Waals surface area contributed by atoms with Gasteiger partial charge >= 0.3 is 5.97 Å². The maximum absolute atomic E-state index is 11.4. The van der Waals surface area contributed by atoms with E-state index in [0.717, 1.165) is 4.88 Å². The average Bonchev–Trinajstić information content (AvgIpc) is 2.96. The Kier molecular flexibility index (Phi) is 3.27. The van der Waals surface area contributed by atoms with E-state index in [9.17, 15) is 14.7 Å². The Labute approximate surface area is 124 Å². The minimum Gasteiger partial charge on any atom is -0.478 e. The summed E-state index contributed by atoms with van der Waals surface area (Å²) in [6.45, 7) is 1.51. The Morgan fingerprint density at radius 2 is 1.90 bits per heavy atom. The minimum atomic E-state index is -0.988. The summed E-state index contributed by atoms with van der Waals surface area (Å²) in [5.74, 6) is -0.997. The molecule has 0 fully saturated rings. The predicted octanol–water partition coefficient (Wildman–Crippen LogP) is 3.86. The molecule has 104 valence electrons. The summed E-state index contributed by atoms with van der Waals surface area (Å²) in [4.78, 5) is 28.7. The zero-order valence-corrected chi connectivity index (χ0v) is 12.0. The molecule has 0 aliphatic heterocycles. The van der Waals surface area contributed by atoms with E-state index >= 15 is 0 Å². The number of para-hydroxylation sites is 1. The zero-order valence-electron chi connectivity index (χ0n) is 11.2. The average molecular weight is 297 g/mol. The Balaban J connectivity index is 2.23. The van der Waals surface area contributed by atoms with Crippen LogP contribution in [0.15, 0.2) is 42.5 Å². The number of carboxylic acid groups (broad SMARTS) is 1. The van der Waals surface area contributed by atoms with E-state index in [4.69, 9.17) is 0 Å². The van der Waals surface area contributed by atoms with Crippen LogP contribution in [0.5, 0.6) is 0 Å². The molecule has 2 aromatic heterocycles. The molecule has 3 rings (SSSR count). The van der Waals surface area contributed by atoms with Crippen LogP contribution >= 0.6 is 11.3 Å². The number of carbonyl (C=O) groups is 2. The van der Waals surface area contributed by atoms with Crippen LogP contribution in [-0.4, -0.2) is 21.8 Å². The van der Waals surface area contributed by atoms with Crippen LogP contribution in [0.4, 0.5) is 0 Å². The number of aromatic nitrogens is 1. The third kappa shape index (κ3) is 2.43. The molecule has 0 saturated heterocycles. The lowest BCUT2D eigenvalue weighted by Gasteiger charge is -2.05. The van der Waals surface area contributed by atoms with E-state index in [0.29, 0.717) is 21.5 Å². The van der Waals surface area contributed by atoms with E-state index in [1.807, 2.05) is 6.07 Å². The molecule has 4 nitrogen and oxygen atoms in total. The van der Waals surface area contributed by atoms with Gasteiger partial charge in [-0.25, -0.2) is 9.78 Å². The number of benzene rings is 1. The number of ketones is 1. The Morgan fingerprint density at radius 1 is 1.14 bits per heavy atom. The van der Waals surface area contributed by atoms with Crippen LogP contribution in [0.3, 0.4) is 0 Å². The van der Waals surface area contributed by atoms with Crippen molar-refractivity contribution in [3.05, 3.63) is 52.9 Å². The number of thiophene rings is 1. The Morgan fingerprint density at radius 3 is 2.57 bits per heavy atom. The smallest absolute Gasteiger partial charge is 0.336 e. The van der Waals surface area contributed by atoms with Crippen molar-refractivity contribution in [1.29, 1.82) is 0 Å². The maximum Gasteiger partial charge on any atom is 0.336 e. The highest BCUT2D eigenvalue weighted by Crippen LogP contribution is 2.30. The van der Waals surface area contributed by atoms with Crippen molar-refractivity contribution >= 4 is 34.0 Å². The first kappa shape index (κ1) is 13.5. The van der Waals surface area contributed by atoms with Crippen molar-refractivity contribution < 1.29 is 14.7 Å². The molecule has 0 aliphatic carbocycles. The van der Waals surface area contributed by atoms with Gasteiger partial charge < -0.3 is 5.11 Å². The third-order valence-corrected chi connectivity index (χ3v) is 4.36. The molecule has 2 heterocycles. The van der Waals surface area contributed by atoms with Crippen LogP contribution in [0.2, 0.25) is 0 Å². The second kappa shape index (κ2) is 5.10. The normalized spacial score (nSPS) is 10.7. The van der Waals surface area contributed by atoms with Gasteiger partial charge in [0.25, 0.3) is 0 Å². The number of pyridine rings is 1. The van der Waals surface area contributed by atoms with Crippen LogP contribution < -0.4 is 0 Å². The SMILES string of the molecule is CC(=O)c1ccc(-c2cc(C(=O)O)c3ccccc3n2)s1. The highest BCUT2D eigenvalue weighted by molar-refractivity contribution is 7.17. The van der Waals surface area contributed by atoms with Crippen LogP contribution in [0.25, 0.3) is 21.5 Å². The fraction of sp³-hybridized carbons (Fsp3) is 0.0625. The molecule has 1 N–H and O–H groups in total. The van der Waals surface area contributed by atoms with E-state index in [-0.39, 0.29) is 11.3 Å². The summed E-state index contributed by atoms with van der Waals surface area (Å²) >= 11 is 1.32. The summed E-state index contributed by atoms with van der Waals surface area (Å²) in [6.07, 6.45) is 0. The summed E-state index contributed by atoms with van der Waals surface area (Å²) < 4.78 is 0. The van der Waals surface area contributed by atoms with Gasteiger partial charge in [-0.1, -0.05) is 18.2 Å². The third-order valence-electron chi connectivity index (χ3n) is 3.15. The fourth-order valence-corrected chi connectivity index (χ4v) is 3.01. The van der Waals surface area contributed by atoms with Gasteiger partial charge in [0.15, 0.2) is 5.78 Å². The fourth-order valence-electron chi connectivity index (χ4n) is 2.14. The first-order valence-corrected chi connectivity index (χ1v) is 7.12. The lowest BCUT2D eigenvalue weighted by Crippen LogP contribution is -1.99. The van der Waals surface area contributed by atoms with Crippen LogP contribution in [0, 0.1) is 0 Å². The molecule has 0 unspecified atom stereocenters. The largest absolute Gasteiger partial charge is 0.478 e. The monoisotopic (exact) mass is 297 g/mol. The highest BCUT2D eigenvalue weighted by Gasteiger charge is 2.14. The van der Waals surface area contributed by atoms with Gasteiger partial charge in [-0.2, -0.15) is 0 Å². The van der Waals surface area contributed by atoms with Gasteiger partial charge in [-0.05, 0) is 31.2 Å². The van der Waals surface area contributed by atoms with Crippen molar-refractivity contribution in [2.75, 3.05) is 0 Å². The first-order chi connectivity index (χ1) is 10.1. The van der Waals surface area contributed by atoms with E-state index in [1.54, 1.807) is 36.4 Å². The second-order valence-electron chi connectivity index (χ2n) is 4.60. The molecule has 5 heteroatoms. The molecular formula is C16H11NO3S. The lowest BCUT2D eigenvalue weighted by atomic mass is 10.1. The van der Waals surface area contributed by atoms with Gasteiger partial charge in [-0.15, -0.1) is 11.3 Å². The number of aromatic carboxylic acids is 1. The topological polar surface area (TPSA) is 67.3 Å². The summed E-state index contributed by atoms with van der Waals surface area (Å²) in [5.41, 5.74) is 1.42. The molecule has 3 aromatic rings. The molecule has 1 aromatic carbocycles. The van der Waals surface area contributed by atoms with Gasteiger partial charge in [0, 0.05) is 5.39 Å². The second-order valence-corrected chi connectivity index (χ2v) is 5.68. The number of hydrogen-bond donors (Lipinski definition) is 1. The predicted molar refractivity (Wildman–Crippen MR) is 82.0 cm³/mol. The molecule has 0 saturated carbocycles. The van der Waals surface area contributed by atoms with Crippen molar-refractivity contribution in [2.45, 2.75) is 6.92 Å². The van der Waals surface area contributed by atoms with Gasteiger partial charge in [0.1, 0.15) is 0 Å². The number of rotatable bonds is 3. The van der Waals surface area contributed by atoms with Gasteiger partial charge in [0.05, 0.1) is 26.5 Å².